The van der Waals surface area contributed by atoms with E-state index in [1.165, 1.54) is 11.5 Å². The Morgan fingerprint density at radius 3 is 2.89 bits per heavy atom. The summed E-state index contributed by atoms with van der Waals surface area (Å²) in [6.45, 7) is 1.40. The van der Waals surface area contributed by atoms with E-state index in [0.717, 1.165) is 11.8 Å². The molecule has 0 unspecified atom stereocenters. The maximum absolute atomic E-state index is 12.3. The number of para-hydroxylation sites is 1. The van der Waals surface area contributed by atoms with Crippen molar-refractivity contribution in [2.45, 2.75) is 19.2 Å². The average molecular weight is 273 g/mol. The third-order valence-electron chi connectivity index (χ3n) is 2.59. The first-order valence-electron chi connectivity index (χ1n) is 5.62. The van der Waals surface area contributed by atoms with Crippen LogP contribution in [0.15, 0.2) is 29.1 Å². The van der Waals surface area contributed by atoms with Crippen LogP contribution in [-0.4, -0.2) is 15.3 Å². The lowest BCUT2D eigenvalue weighted by molar-refractivity contribution is -0.117. The van der Waals surface area contributed by atoms with Crippen LogP contribution in [0.3, 0.4) is 0 Å². The summed E-state index contributed by atoms with van der Waals surface area (Å²) in [5.74, 6) is 0.608. The number of nitrogens with zero attached hydrogens (tertiary/aromatic N) is 3. The van der Waals surface area contributed by atoms with Gasteiger partial charge in [-0.3, -0.25) is 14.2 Å². The first-order chi connectivity index (χ1) is 9.13. The predicted molar refractivity (Wildman–Crippen MR) is 73.6 cm³/mol. The Balaban J connectivity index is 2.66. The van der Waals surface area contributed by atoms with Gasteiger partial charge in [0, 0.05) is 0 Å². The summed E-state index contributed by atoms with van der Waals surface area (Å²) < 4.78 is 1.34. The second-order valence-corrected chi connectivity index (χ2v) is 4.78. The minimum absolute atomic E-state index is 0.0159. The molecule has 6 heteroatoms. The van der Waals surface area contributed by atoms with E-state index in [1.54, 1.807) is 24.3 Å². The monoisotopic (exact) mass is 273 g/mol. The van der Waals surface area contributed by atoms with Crippen LogP contribution >= 0.6 is 11.8 Å². The Morgan fingerprint density at radius 2 is 2.21 bits per heavy atom. The number of thioether (sulfide) groups is 1. The van der Waals surface area contributed by atoms with E-state index in [9.17, 15) is 9.59 Å². The molecule has 0 spiro atoms. The van der Waals surface area contributed by atoms with Gasteiger partial charge in [0.1, 0.15) is 17.0 Å². The molecule has 1 aromatic carbocycles. The molecule has 0 saturated carbocycles. The summed E-state index contributed by atoms with van der Waals surface area (Å²) in [6.07, 6.45) is 0. The van der Waals surface area contributed by atoms with E-state index < -0.39 is 0 Å². The topological polar surface area (TPSA) is 75.8 Å². The van der Waals surface area contributed by atoms with E-state index in [1.807, 2.05) is 5.40 Å². The Hall–Kier alpha value is -2.13. The first-order valence-corrected chi connectivity index (χ1v) is 6.61. The highest BCUT2D eigenvalue weighted by atomic mass is 32.2. The number of fused-ring (bicyclic) bond motifs is 1. The van der Waals surface area contributed by atoms with Crippen LogP contribution in [0.1, 0.15) is 12.7 Å². The van der Waals surface area contributed by atoms with Gasteiger partial charge in [-0.25, -0.2) is 4.98 Å². The van der Waals surface area contributed by atoms with Gasteiger partial charge < -0.3 is 0 Å². The van der Waals surface area contributed by atoms with Crippen LogP contribution in [0.5, 0.6) is 0 Å². The fraction of sp³-hybridized carbons (Fsp3) is 0.231. The maximum Gasteiger partial charge on any atom is 0.261 e. The van der Waals surface area contributed by atoms with Crippen LogP contribution in [-0.2, 0) is 17.1 Å². The number of Topliss-reactive ketones (excluding diaryl/α,β-unsaturated/α-hetero) is 1. The number of rotatable bonds is 4. The van der Waals surface area contributed by atoms with E-state index in [4.69, 9.17) is 5.26 Å². The van der Waals surface area contributed by atoms with Gasteiger partial charge in [-0.1, -0.05) is 12.1 Å². The van der Waals surface area contributed by atoms with E-state index in [0.29, 0.717) is 16.7 Å². The molecule has 1 heterocycles. The molecule has 0 aliphatic heterocycles. The fourth-order valence-electron chi connectivity index (χ4n) is 1.81. The Morgan fingerprint density at radius 1 is 1.47 bits per heavy atom. The van der Waals surface area contributed by atoms with Gasteiger partial charge in [-0.05, 0) is 30.8 Å². The largest absolute Gasteiger partial charge is 0.298 e. The molecule has 0 aliphatic carbocycles. The highest BCUT2D eigenvalue weighted by Gasteiger charge is 2.12. The quantitative estimate of drug-likeness (QED) is 0.792. The van der Waals surface area contributed by atoms with Gasteiger partial charge in [0.2, 0.25) is 0 Å². The van der Waals surface area contributed by atoms with Crippen LogP contribution in [0.2, 0.25) is 0 Å². The molecule has 1 aromatic heterocycles. The molecule has 0 radical (unpaired) electrons. The zero-order valence-electron chi connectivity index (χ0n) is 10.3. The lowest BCUT2D eigenvalue weighted by Gasteiger charge is -2.10. The minimum atomic E-state index is -0.241. The molecule has 0 bridgehead atoms. The van der Waals surface area contributed by atoms with Crippen molar-refractivity contribution in [2.75, 3.05) is 0 Å². The van der Waals surface area contributed by atoms with Gasteiger partial charge in [-0.15, -0.1) is 0 Å². The van der Waals surface area contributed by atoms with Crippen molar-refractivity contribution in [1.29, 1.82) is 5.26 Å². The van der Waals surface area contributed by atoms with Gasteiger partial charge in [-0.2, -0.15) is 5.26 Å². The van der Waals surface area contributed by atoms with Gasteiger partial charge in [0.15, 0.2) is 0 Å². The molecule has 0 N–H and O–H groups in total. The standard InChI is InChI=1S/C13H11N3O2S/c1-9(17)6-16-12(7-19-8-14)15-11-5-3-2-4-10(11)13(16)18/h2-5H,6-7H2,1H3. The van der Waals surface area contributed by atoms with Crippen LogP contribution in [0, 0.1) is 10.7 Å². The fourth-order valence-corrected chi connectivity index (χ4v) is 2.22. The van der Waals surface area contributed by atoms with Crippen molar-refractivity contribution in [3.63, 3.8) is 0 Å². The minimum Gasteiger partial charge on any atom is -0.298 e. The molecule has 5 nitrogen and oxygen atoms in total. The number of thiocyanates is 1. The smallest absolute Gasteiger partial charge is 0.261 e. The van der Waals surface area contributed by atoms with Crippen LogP contribution < -0.4 is 5.56 Å². The van der Waals surface area contributed by atoms with Crippen molar-refractivity contribution in [2.24, 2.45) is 0 Å². The number of carbonyl (C=O) groups is 1. The molecule has 0 atom stereocenters. The Bertz CT molecular complexity index is 731. The summed E-state index contributed by atoms with van der Waals surface area (Å²) in [7, 11) is 0. The number of hydrogen-bond acceptors (Lipinski definition) is 5. The molecular weight excluding hydrogens is 262 g/mol. The number of hydrogen-bond donors (Lipinski definition) is 0. The Kier molecular flexibility index (Phi) is 3.97. The average Bonchev–Trinajstić information content (AvgIpc) is 2.40. The molecule has 0 saturated heterocycles. The highest BCUT2D eigenvalue weighted by Crippen LogP contribution is 2.12. The molecule has 0 aliphatic rings. The number of aromatic nitrogens is 2. The second-order valence-electron chi connectivity index (χ2n) is 4.02. The second kappa shape index (κ2) is 5.67. The van der Waals surface area contributed by atoms with Crippen molar-refractivity contribution >= 4 is 28.4 Å². The normalized spacial score (nSPS) is 10.3. The summed E-state index contributed by atoms with van der Waals surface area (Å²) in [5.41, 5.74) is 0.343. The number of benzene rings is 1. The number of nitriles is 1. The third-order valence-corrected chi connectivity index (χ3v) is 3.12. The molecule has 19 heavy (non-hydrogen) atoms. The zero-order valence-corrected chi connectivity index (χ0v) is 11.1. The highest BCUT2D eigenvalue weighted by molar-refractivity contribution is 8.02. The van der Waals surface area contributed by atoms with Gasteiger partial charge >= 0.3 is 0 Å². The summed E-state index contributed by atoms with van der Waals surface area (Å²) in [6, 6.07) is 6.98. The van der Waals surface area contributed by atoms with E-state index >= 15 is 0 Å². The summed E-state index contributed by atoms with van der Waals surface area (Å²) >= 11 is 0.992. The predicted octanol–water partition coefficient (Wildman–Crippen LogP) is 1.70. The first kappa shape index (κ1) is 13.3. The summed E-state index contributed by atoms with van der Waals surface area (Å²) in [5, 5.41) is 11.0. The molecule has 0 amide bonds. The number of carbonyl (C=O) groups excluding carboxylic acids is 1. The summed E-state index contributed by atoms with van der Waals surface area (Å²) in [4.78, 5) is 28.0. The van der Waals surface area contributed by atoms with Crippen LogP contribution in [0.25, 0.3) is 10.9 Å². The van der Waals surface area contributed by atoms with Gasteiger partial charge in [0.05, 0.1) is 23.2 Å². The third kappa shape index (κ3) is 2.83. The molecule has 96 valence electrons. The molecule has 2 rings (SSSR count). The van der Waals surface area contributed by atoms with E-state index in [2.05, 4.69) is 4.98 Å². The van der Waals surface area contributed by atoms with Gasteiger partial charge in [0.25, 0.3) is 5.56 Å². The Labute approximate surface area is 113 Å². The van der Waals surface area contributed by atoms with Crippen molar-refractivity contribution < 1.29 is 4.79 Å². The SMILES string of the molecule is CC(=O)Cn1c(CSC#N)nc2ccccc2c1=O. The maximum atomic E-state index is 12.3. The number of ketones is 1. The molecule has 2 aromatic rings. The lowest BCUT2D eigenvalue weighted by Crippen LogP contribution is -2.27. The van der Waals surface area contributed by atoms with Crippen molar-refractivity contribution in [1.82, 2.24) is 9.55 Å². The molecule has 0 fully saturated rings. The van der Waals surface area contributed by atoms with E-state index in [-0.39, 0.29) is 23.6 Å². The van der Waals surface area contributed by atoms with Crippen molar-refractivity contribution in [3.8, 4) is 5.40 Å². The van der Waals surface area contributed by atoms with Crippen molar-refractivity contribution in [3.05, 3.63) is 40.4 Å². The zero-order chi connectivity index (χ0) is 13.8. The lowest BCUT2D eigenvalue weighted by atomic mass is 10.2. The molecular formula is C13H11N3O2S. The van der Waals surface area contributed by atoms with Crippen LogP contribution in [0.4, 0.5) is 0 Å².